The van der Waals surface area contributed by atoms with Crippen molar-refractivity contribution in [3.05, 3.63) is 47.0 Å². The number of carbonyl (C=O) groups excluding carboxylic acids is 1. The van der Waals surface area contributed by atoms with Crippen LogP contribution in [0.1, 0.15) is 35.7 Å². The molecule has 1 heterocycles. The average Bonchev–Trinajstić information content (AvgIpc) is 2.71. The SMILES string of the molecule is CCCC(=Cc1cc(OC)c2c(c1)OCCO2)C(=O)c1ccc(N(C)C)c(N)c1. The monoisotopic (exact) mass is 396 g/mol. The molecule has 0 saturated heterocycles. The van der Waals surface area contributed by atoms with Crippen LogP contribution in [-0.2, 0) is 0 Å². The molecule has 6 heteroatoms. The number of ketones is 1. The second-order valence-corrected chi connectivity index (χ2v) is 7.16. The summed E-state index contributed by atoms with van der Waals surface area (Å²) in [6.45, 7) is 3.03. The summed E-state index contributed by atoms with van der Waals surface area (Å²) < 4.78 is 16.8. The van der Waals surface area contributed by atoms with E-state index in [1.807, 2.05) is 49.3 Å². The molecule has 154 valence electrons. The Balaban J connectivity index is 1.98. The van der Waals surface area contributed by atoms with Gasteiger partial charge in [-0.1, -0.05) is 13.3 Å². The number of anilines is 2. The minimum atomic E-state index is -0.0299. The Morgan fingerprint density at radius 1 is 1.21 bits per heavy atom. The van der Waals surface area contributed by atoms with E-state index in [0.29, 0.717) is 53.7 Å². The number of allylic oxidation sites excluding steroid dienone is 1. The quantitative estimate of drug-likeness (QED) is 0.430. The van der Waals surface area contributed by atoms with Gasteiger partial charge < -0.3 is 24.8 Å². The fourth-order valence-corrected chi connectivity index (χ4v) is 3.39. The van der Waals surface area contributed by atoms with Gasteiger partial charge in [-0.25, -0.2) is 0 Å². The van der Waals surface area contributed by atoms with E-state index >= 15 is 0 Å². The second kappa shape index (κ2) is 8.90. The van der Waals surface area contributed by atoms with E-state index in [1.54, 1.807) is 13.2 Å². The molecule has 2 N–H and O–H groups in total. The van der Waals surface area contributed by atoms with Gasteiger partial charge in [-0.2, -0.15) is 0 Å². The van der Waals surface area contributed by atoms with Gasteiger partial charge in [-0.05, 0) is 48.4 Å². The smallest absolute Gasteiger partial charge is 0.203 e. The maximum Gasteiger partial charge on any atom is 0.203 e. The molecule has 3 rings (SSSR count). The Bertz CT molecular complexity index is 917. The number of ether oxygens (including phenoxy) is 3. The highest BCUT2D eigenvalue weighted by atomic mass is 16.6. The molecule has 0 bridgehead atoms. The Kier molecular flexibility index (Phi) is 6.32. The lowest BCUT2D eigenvalue weighted by Crippen LogP contribution is -2.16. The second-order valence-electron chi connectivity index (χ2n) is 7.16. The number of hydrogen-bond donors (Lipinski definition) is 1. The number of rotatable bonds is 7. The predicted octanol–water partition coefficient (Wildman–Crippen LogP) is 4.18. The Hall–Kier alpha value is -3.15. The van der Waals surface area contributed by atoms with Gasteiger partial charge in [-0.15, -0.1) is 0 Å². The average molecular weight is 396 g/mol. The number of nitrogen functional groups attached to an aromatic ring is 1. The number of benzene rings is 2. The van der Waals surface area contributed by atoms with E-state index in [9.17, 15) is 4.79 Å². The van der Waals surface area contributed by atoms with E-state index in [4.69, 9.17) is 19.9 Å². The maximum absolute atomic E-state index is 13.2. The lowest BCUT2D eigenvalue weighted by atomic mass is 9.96. The minimum absolute atomic E-state index is 0.0299. The molecule has 0 unspecified atom stereocenters. The molecule has 29 heavy (non-hydrogen) atoms. The van der Waals surface area contributed by atoms with Crippen LogP contribution in [0.15, 0.2) is 35.9 Å². The Labute approximate surface area is 171 Å². The topological polar surface area (TPSA) is 74.0 Å². The van der Waals surface area contributed by atoms with Crippen LogP contribution in [0.5, 0.6) is 17.2 Å². The third kappa shape index (κ3) is 4.47. The van der Waals surface area contributed by atoms with Crippen molar-refractivity contribution in [1.82, 2.24) is 0 Å². The highest BCUT2D eigenvalue weighted by molar-refractivity contribution is 6.12. The van der Waals surface area contributed by atoms with Crippen molar-refractivity contribution in [3.8, 4) is 17.2 Å². The maximum atomic E-state index is 13.2. The first kappa shape index (κ1) is 20.6. The number of nitrogens with zero attached hydrogens (tertiary/aromatic N) is 1. The van der Waals surface area contributed by atoms with E-state index in [0.717, 1.165) is 17.7 Å². The summed E-state index contributed by atoms with van der Waals surface area (Å²) in [5.41, 5.74) is 9.74. The molecule has 0 aromatic heterocycles. The molecule has 2 aromatic rings. The Morgan fingerprint density at radius 3 is 2.62 bits per heavy atom. The minimum Gasteiger partial charge on any atom is -0.493 e. The summed E-state index contributed by atoms with van der Waals surface area (Å²) in [5.74, 6) is 1.80. The predicted molar refractivity (Wildman–Crippen MR) is 116 cm³/mol. The molecule has 0 saturated carbocycles. The van der Waals surface area contributed by atoms with E-state index in [2.05, 4.69) is 6.92 Å². The van der Waals surface area contributed by atoms with Crippen LogP contribution in [0.3, 0.4) is 0 Å². The van der Waals surface area contributed by atoms with Gasteiger partial charge >= 0.3 is 0 Å². The number of carbonyl (C=O) groups is 1. The number of hydrogen-bond acceptors (Lipinski definition) is 6. The molecular formula is C23H28N2O4. The summed E-state index contributed by atoms with van der Waals surface area (Å²) in [7, 11) is 5.43. The van der Waals surface area contributed by atoms with E-state index in [1.165, 1.54) is 0 Å². The van der Waals surface area contributed by atoms with Crippen molar-refractivity contribution < 1.29 is 19.0 Å². The number of nitrogens with two attached hydrogens (primary N) is 1. The highest BCUT2D eigenvalue weighted by Crippen LogP contribution is 2.41. The molecule has 0 radical (unpaired) electrons. The van der Waals surface area contributed by atoms with Gasteiger partial charge in [0.15, 0.2) is 17.3 Å². The standard InChI is InChI=1S/C23H28N2O4/c1-5-6-16(22(26)17-7-8-19(25(2)3)18(24)14-17)11-15-12-20(27-4)23-21(13-15)28-9-10-29-23/h7-8,11-14H,5-6,9-10,24H2,1-4H3. The fraction of sp³-hybridized carbons (Fsp3) is 0.348. The van der Waals surface area contributed by atoms with Crippen molar-refractivity contribution in [2.75, 3.05) is 45.1 Å². The first-order valence-electron chi connectivity index (χ1n) is 9.74. The van der Waals surface area contributed by atoms with E-state index in [-0.39, 0.29) is 5.78 Å². The lowest BCUT2D eigenvalue weighted by Gasteiger charge is -2.21. The zero-order valence-corrected chi connectivity index (χ0v) is 17.5. The van der Waals surface area contributed by atoms with Crippen LogP contribution in [0, 0.1) is 0 Å². The summed E-state index contributed by atoms with van der Waals surface area (Å²) >= 11 is 0. The molecule has 0 atom stereocenters. The summed E-state index contributed by atoms with van der Waals surface area (Å²) in [6.07, 6.45) is 3.40. The van der Waals surface area contributed by atoms with Crippen LogP contribution in [-0.4, -0.2) is 40.2 Å². The zero-order valence-electron chi connectivity index (χ0n) is 17.5. The third-order valence-corrected chi connectivity index (χ3v) is 4.77. The van der Waals surface area contributed by atoms with Gasteiger partial charge in [0, 0.05) is 25.2 Å². The number of Topliss-reactive ketones (excluding diaryl/α,β-unsaturated/α-hetero) is 1. The lowest BCUT2D eigenvalue weighted by molar-refractivity contribution is 0.103. The normalized spacial score (nSPS) is 13.2. The first-order valence-corrected chi connectivity index (χ1v) is 9.74. The molecule has 1 aliphatic heterocycles. The van der Waals surface area contributed by atoms with Crippen LogP contribution in [0.2, 0.25) is 0 Å². The van der Waals surface area contributed by atoms with Crippen LogP contribution >= 0.6 is 0 Å². The molecule has 0 spiro atoms. The van der Waals surface area contributed by atoms with Crippen molar-refractivity contribution in [1.29, 1.82) is 0 Å². The zero-order chi connectivity index (χ0) is 21.0. The van der Waals surface area contributed by atoms with Gasteiger partial charge in [0.25, 0.3) is 0 Å². The van der Waals surface area contributed by atoms with Crippen molar-refractivity contribution in [3.63, 3.8) is 0 Å². The molecular weight excluding hydrogens is 368 g/mol. The van der Waals surface area contributed by atoms with Crippen LogP contribution < -0.4 is 24.8 Å². The van der Waals surface area contributed by atoms with Crippen molar-refractivity contribution >= 4 is 23.2 Å². The van der Waals surface area contributed by atoms with Crippen LogP contribution in [0.25, 0.3) is 6.08 Å². The number of methoxy groups -OCH3 is 1. The van der Waals surface area contributed by atoms with Crippen LogP contribution in [0.4, 0.5) is 11.4 Å². The molecule has 0 fully saturated rings. The molecule has 6 nitrogen and oxygen atoms in total. The highest BCUT2D eigenvalue weighted by Gasteiger charge is 2.19. The summed E-state index contributed by atoms with van der Waals surface area (Å²) in [5, 5.41) is 0. The largest absolute Gasteiger partial charge is 0.493 e. The first-order chi connectivity index (χ1) is 13.9. The van der Waals surface area contributed by atoms with Gasteiger partial charge in [0.2, 0.25) is 5.75 Å². The fourth-order valence-electron chi connectivity index (χ4n) is 3.39. The summed E-state index contributed by atoms with van der Waals surface area (Å²) in [6, 6.07) is 9.18. The molecule has 0 aliphatic carbocycles. The van der Waals surface area contributed by atoms with Gasteiger partial charge in [0.05, 0.1) is 18.5 Å². The molecule has 0 amide bonds. The van der Waals surface area contributed by atoms with E-state index < -0.39 is 0 Å². The number of fused-ring (bicyclic) bond motifs is 1. The van der Waals surface area contributed by atoms with Crippen molar-refractivity contribution in [2.24, 2.45) is 0 Å². The summed E-state index contributed by atoms with van der Waals surface area (Å²) in [4.78, 5) is 15.1. The third-order valence-electron chi connectivity index (χ3n) is 4.77. The molecule has 1 aliphatic rings. The Morgan fingerprint density at radius 2 is 1.97 bits per heavy atom. The molecule has 2 aromatic carbocycles. The van der Waals surface area contributed by atoms with Crippen molar-refractivity contribution in [2.45, 2.75) is 19.8 Å². The van der Waals surface area contributed by atoms with Gasteiger partial charge in [-0.3, -0.25) is 4.79 Å². The van der Waals surface area contributed by atoms with Gasteiger partial charge in [0.1, 0.15) is 13.2 Å².